The predicted octanol–water partition coefficient (Wildman–Crippen LogP) is 1.45. The minimum absolute atomic E-state index is 0.169. The van der Waals surface area contributed by atoms with Gasteiger partial charge in [-0.2, -0.15) is 5.10 Å². The molecular formula is C12H21N3O. The molecule has 0 aliphatic heterocycles. The molecule has 0 amide bonds. The third-order valence-corrected chi connectivity index (χ3v) is 2.32. The number of hydrogen-bond donors (Lipinski definition) is 1. The Hall–Kier alpha value is -1.16. The summed E-state index contributed by atoms with van der Waals surface area (Å²) in [5, 5.41) is 4.31. The van der Waals surface area contributed by atoms with E-state index in [4.69, 9.17) is 5.73 Å². The molecule has 16 heavy (non-hydrogen) atoms. The van der Waals surface area contributed by atoms with Crippen LogP contribution in [0.15, 0.2) is 6.07 Å². The summed E-state index contributed by atoms with van der Waals surface area (Å²) >= 11 is 0. The highest BCUT2D eigenvalue weighted by atomic mass is 16.1. The van der Waals surface area contributed by atoms with Crippen molar-refractivity contribution in [1.82, 2.24) is 9.78 Å². The molecule has 2 N–H and O–H groups in total. The number of hydrogen-bond acceptors (Lipinski definition) is 3. The van der Waals surface area contributed by atoms with Crippen molar-refractivity contribution in [1.29, 1.82) is 0 Å². The van der Waals surface area contributed by atoms with Crippen LogP contribution < -0.4 is 5.73 Å². The summed E-state index contributed by atoms with van der Waals surface area (Å²) in [6.45, 7) is 8.49. The average molecular weight is 223 g/mol. The first-order chi connectivity index (χ1) is 7.31. The molecule has 0 atom stereocenters. The van der Waals surface area contributed by atoms with E-state index in [2.05, 4.69) is 5.10 Å². The lowest BCUT2D eigenvalue weighted by Gasteiger charge is -2.17. The molecule has 0 aromatic carbocycles. The average Bonchev–Trinajstić information content (AvgIpc) is 2.42. The van der Waals surface area contributed by atoms with Crippen molar-refractivity contribution in [2.45, 2.75) is 52.6 Å². The van der Waals surface area contributed by atoms with E-state index < -0.39 is 5.54 Å². The number of nitrogens with zero attached hydrogens (tertiary/aromatic N) is 2. The molecule has 90 valence electrons. The zero-order valence-corrected chi connectivity index (χ0v) is 10.6. The molecule has 1 aromatic heterocycles. The maximum absolute atomic E-state index is 11.8. The molecule has 1 heterocycles. The van der Waals surface area contributed by atoms with Crippen LogP contribution in [0.5, 0.6) is 0 Å². The van der Waals surface area contributed by atoms with E-state index >= 15 is 0 Å². The lowest BCUT2D eigenvalue weighted by molar-refractivity contribution is -0.119. The second-order valence-electron chi connectivity index (χ2n) is 4.97. The van der Waals surface area contributed by atoms with Gasteiger partial charge in [-0.15, -0.1) is 0 Å². The van der Waals surface area contributed by atoms with E-state index in [9.17, 15) is 4.79 Å². The van der Waals surface area contributed by atoms with Gasteiger partial charge in [0.25, 0.3) is 0 Å². The number of carbonyl (C=O) groups is 1. The fourth-order valence-electron chi connectivity index (χ4n) is 1.79. The van der Waals surface area contributed by atoms with Gasteiger partial charge in [0.15, 0.2) is 0 Å². The van der Waals surface area contributed by atoms with Gasteiger partial charge in [-0.25, -0.2) is 0 Å². The van der Waals surface area contributed by atoms with Gasteiger partial charge in [-0.1, -0.05) is 0 Å². The third-order valence-electron chi connectivity index (χ3n) is 2.32. The van der Waals surface area contributed by atoms with Crippen LogP contribution >= 0.6 is 0 Å². The molecule has 0 aliphatic rings. The Kier molecular flexibility index (Phi) is 3.86. The number of ketones is 1. The van der Waals surface area contributed by atoms with Gasteiger partial charge in [0.05, 0.1) is 5.69 Å². The molecule has 4 heteroatoms. The first-order valence-corrected chi connectivity index (χ1v) is 5.65. The van der Waals surface area contributed by atoms with Crippen LogP contribution in [0, 0.1) is 6.92 Å². The number of rotatable bonds is 5. The van der Waals surface area contributed by atoms with Gasteiger partial charge in [0.2, 0.25) is 0 Å². The Morgan fingerprint density at radius 3 is 2.69 bits per heavy atom. The van der Waals surface area contributed by atoms with Gasteiger partial charge in [-0.05, 0) is 33.8 Å². The van der Waals surface area contributed by atoms with Gasteiger partial charge >= 0.3 is 0 Å². The van der Waals surface area contributed by atoms with Crippen molar-refractivity contribution in [2.24, 2.45) is 5.73 Å². The summed E-state index contributed by atoms with van der Waals surface area (Å²) in [4.78, 5) is 11.8. The standard InChI is InChI=1S/C12H21N3O/c1-5-15-10(6-9(2)14-15)7-11(16)8-12(3,4)13/h6H,5,7-8,13H2,1-4H3. The second-order valence-corrected chi connectivity index (χ2v) is 4.97. The monoisotopic (exact) mass is 223 g/mol. The topological polar surface area (TPSA) is 60.9 Å². The van der Waals surface area contributed by atoms with Crippen molar-refractivity contribution in [3.8, 4) is 0 Å². The first kappa shape index (κ1) is 12.9. The van der Waals surface area contributed by atoms with Gasteiger partial charge < -0.3 is 5.73 Å². The minimum atomic E-state index is -0.427. The van der Waals surface area contributed by atoms with Crippen molar-refractivity contribution < 1.29 is 4.79 Å². The number of aryl methyl sites for hydroxylation is 2. The van der Waals surface area contributed by atoms with E-state index in [0.717, 1.165) is 17.9 Å². The quantitative estimate of drug-likeness (QED) is 0.822. The first-order valence-electron chi connectivity index (χ1n) is 5.65. The van der Waals surface area contributed by atoms with Gasteiger partial charge in [-0.3, -0.25) is 9.48 Å². The van der Waals surface area contributed by atoms with Crippen LogP contribution in [0.25, 0.3) is 0 Å². The lowest BCUT2D eigenvalue weighted by atomic mass is 9.97. The van der Waals surface area contributed by atoms with Crippen molar-refractivity contribution in [2.75, 3.05) is 0 Å². The largest absolute Gasteiger partial charge is 0.325 e. The van der Waals surface area contributed by atoms with Crippen LogP contribution in [0.4, 0.5) is 0 Å². The molecule has 1 aromatic rings. The van der Waals surface area contributed by atoms with Crippen LogP contribution in [-0.4, -0.2) is 21.1 Å². The maximum Gasteiger partial charge on any atom is 0.140 e. The van der Waals surface area contributed by atoms with Crippen LogP contribution in [0.1, 0.15) is 38.6 Å². The number of Topliss-reactive ketones (excluding diaryl/α,β-unsaturated/α-hetero) is 1. The predicted molar refractivity (Wildman–Crippen MR) is 64.2 cm³/mol. The lowest BCUT2D eigenvalue weighted by Crippen LogP contribution is -2.35. The van der Waals surface area contributed by atoms with Crippen LogP contribution in [-0.2, 0) is 17.8 Å². The van der Waals surface area contributed by atoms with E-state index in [0.29, 0.717) is 12.8 Å². The zero-order chi connectivity index (χ0) is 12.3. The van der Waals surface area contributed by atoms with Crippen molar-refractivity contribution in [3.63, 3.8) is 0 Å². The Balaban J connectivity index is 2.69. The third kappa shape index (κ3) is 3.77. The molecule has 0 bridgehead atoms. The highest BCUT2D eigenvalue weighted by Gasteiger charge is 2.18. The van der Waals surface area contributed by atoms with Gasteiger partial charge in [0.1, 0.15) is 5.78 Å². The fraction of sp³-hybridized carbons (Fsp3) is 0.667. The summed E-state index contributed by atoms with van der Waals surface area (Å²) in [6, 6.07) is 1.96. The van der Waals surface area contributed by atoms with E-state index in [1.807, 2.05) is 38.4 Å². The van der Waals surface area contributed by atoms with Crippen LogP contribution in [0.2, 0.25) is 0 Å². The summed E-state index contributed by atoms with van der Waals surface area (Å²) in [7, 11) is 0. The molecule has 1 rings (SSSR count). The summed E-state index contributed by atoms with van der Waals surface area (Å²) in [5.41, 5.74) is 7.33. The summed E-state index contributed by atoms with van der Waals surface area (Å²) in [6.07, 6.45) is 0.830. The minimum Gasteiger partial charge on any atom is -0.325 e. The molecule has 0 aliphatic carbocycles. The molecule has 4 nitrogen and oxygen atoms in total. The molecule has 0 saturated heterocycles. The zero-order valence-electron chi connectivity index (χ0n) is 10.6. The maximum atomic E-state index is 11.8. The Morgan fingerprint density at radius 1 is 1.56 bits per heavy atom. The Morgan fingerprint density at radius 2 is 2.19 bits per heavy atom. The second kappa shape index (κ2) is 4.78. The fourth-order valence-corrected chi connectivity index (χ4v) is 1.79. The normalized spacial score (nSPS) is 11.8. The van der Waals surface area contributed by atoms with Gasteiger partial charge in [0, 0.05) is 30.6 Å². The molecule has 0 unspecified atom stereocenters. The van der Waals surface area contributed by atoms with E-state index in [1.165, 1.54) is 0 Å². The number of aromatic nitrogens is 2. The molecule has 0 spiro atoms. The van der Waals surface area contributed by atoms with Crippen molar-refractivity contribution >= 4 is 5.78 Å². The smallest absolute Gasteiger partial charge is 0.140 e. The molecule has 0 radical (unpaired) electrons. The Bertz CT molecular complexity index is 374. The van der Waals surface area contributed by atoms with E-state index in [1.54, 1.807) is 0 Å². The highest BCUT2D eigenvalue weighted by molar-refractivity contribution is 5.81. The number of carbonyl (C=O) groups excluding carboxylic acids is 1. The van der Waals surface area contributed by atoms with Crippen LogP contribution in [0.3, 0.4) is 0 Å². The summed E-state index contributed by atoms with van der Waals surface area (Å²) < 4.78 is 1.87. The summed E-state index contributed by atoms with van der Waals surface area (Å²) in [5.74, 6) is 0.169. The molecule has 0 saturated carbocycles. The Labute approximate surface area is 96.8 Å². The molecular weight excluding hydrogens is 202 g/mol. The van der Waals surface area contributed by atoms with E-state index in [-0.39, 0.29) is 5.78 Å². The van der Waals surface area contributed by atoms with Crippen molar-refractivity contribution in [3.05, 3.63) is 17.5 Å². The molecule has 0 fully saturated rings. The SMILES string of the molecule is CCn1nc(C)cc1CC(=O)CC(C)(C)N. The number of nitrogens with two attached hydrogens (primary N) is 1. The highest BCUT2D eigenvalue weighted by Crippen LogP contribution is 2.10.